The van der Waals surface area contributed by atoms with Crippen LogP contribution in [0.1, 0.15) is 25.0 Å². The first-order valence-corrected chi connectivity index (χ1v) is 5.09. The Morgan fingerprint density at radius 3 is 1.93 bits per heavy atom. The fourth-order valence-electron chi connectivity index (χ4n) is 1.30. The van der Waals surface area contributed by atoms with E-state index in [4.69, 9.17) is 0 Å². The molecule has 0 nitrogen and oxygen atoms in total. The molecule has 1 aromatic carbocycles. The van der Waals surface area contributed by atoms with Crippen LogP contribution in [-0.2, 0) is 12.8 Å². The van der Waals surface area contributed by atoms with Gasteiger partial charge in [0.2, 0.25) is 0 Å². The van der Waals surface area contributed by atoms with Gasteiger partial charge < -0.3 is 0 Å². The van der Waals surface area contributed by atoms with Crippen LogP contribution in [0.5, 0.6) is 0 Å². The number of allylic oxidation sites excluding steroid dienone is 4. The Morgan fingerprint density at radius 1 is 1.00 bits per heavy atom. The van der Waals surface area contributed by atoms with Gasteiger partial charge in [0.25, 0.3) is 0 Å². The summed E-state index contributed by atoms with van der Waals surface area (Å²) < 4.78 is 0. The van der Waals surface area contributed by atoms with Gasteiger partial charge in [-0.15, -0.1) is 0 Å². The van der Waals surface area contributed by atoms with Crippen molar-refractivity contribution in [3.05, 3.63) is 59.7 Å². The number of rotatable bonds is 4. The molecule has 0 heteroatoms. The smallest absolute Gasteiger partial charge is 0.00913 e. The van der Waals surface area contributed by atoms with Crippen molar-refractivity contribution >= 4 is 0 Å². The highest BCUT2D eigenvalue weighted by Gasteiger charge is 1.93. The van der Waals surface area contributed by atoms with Crippen LogP contribution in [0.3, 0.4) is 0 Å². The molecule has 14 heavy (non-hydrogen) atoms. The Bertz CT molecular complexity index is 289. The number of hydrogen-bond donors (Lipinski definition) is 0. The molecule has 0 amide bonds. The minimum absolute atomic E-state index is 0.986. The SMILES string of the molecule is CC=CCc1[c]c(CC=CC)ccc1. The second-order valence-electron chi connectivity index (χ2n) is 3.25. The predicted molar refractivity (Wildman–Crippen MR) is 62.3 cm³/mol. The van der Waals surface area contributed by atoms with Crippen LogP contribution in [0.15, 0.2) is 42.5 Å². The van der Waals surface area contributed by atoms with Crippen LogP contribution >= 0.6 is 0 Å². The zero-order valence-corrected chi connectivity index (χ0v) is 8.96. The molecule has 0 saturated heterocycles. The Morgan fingerprint density at radius 2 is 1.50 bits per heavy atom. The van der Waals surface area contributed by atoms with Crippen molar-refractivity contribution in [2.45, 2.75) is 26.7 Å². The van der Waals surface area contributed by atoms with Crippen molar-refractivity contribution in [1.82, 2.24) is 0 Å². The zero-order valence-electron chi connectivity index (χ0n) is 8.96. The van der Waals surface area contributed by atoms with E-state index in [0.717, 1.165) is 12.8 Å². The highest BCUT2D eigenvalue weighted by atomic mass is 14.0. The summed E-state index contributed by atoms with van der Waals surface area (Å²) in [6, 6.07) is 9.77. The quantitative estimate of drug-likeness (QED) is 0.627. The third-order valence-corrected chi connectivity index (χ3v) is 2.06. The molecule has 0 unspecified atom stereocenters. The van der Waals surface area contributed by atoms with E-state index >= 15 is 0 Å². The van der Waals surface area contributed by atoms with Crippen molar-refractivity contribution < 1.29 is 0 Å². The first-order valence-electron chi connectivity index (χ1n) is 5.09. The van der Waals surface area contributed by atoms with Gasteiger partial charge in [-0.25, -0.2) is 0 Å². The molecule has 1 radical (unpaired) electrons. The Balaban J connectivity index is 2.68. The summed E-state index contributed by atoms with van der Waals surface area (Å²) in [6.45, 7) is 4.09. The fraction of sp³-hybridized carbons (Fsp3) is 0.286. The maximum Gasteiger partial charge on any atom is -0.00913 e. The summed E-state index contributed by atoms with van der Waals surface area (Å²) in [5.74, 6) is 0. The van der Waals surface area contributed by atoms with Gasteiger partial charge >= 0.3 is 0 Å². The monoisotopic (exact) mass is 185 g/mol. The predicted octanol–water partition coefficient (Wildman–Crippen LogP) is 3.72. The summed E-state index contributed by atoms with van der Waals surface area (Å²) in [5, 5.41) is 0. The van der Waals surface area contributed by atoms with Gasteiger partial charge in [0.05, 0.1) is 0 Å². The van der Waals surface area contributed by atoms with E-state index in [1.54, 1.807) is 0 Å². The van der Waals surface area contributed by atoms with E-state index in [2.05, 4.69) is 48.6 Å². The Hall–Kier alpha value is -1.30. The second kappa shape index (κ2) is 6.20. The Labute approximate surface area is 87.0 Å². The summed E-state index contributed by atoms with van der Waals surface area (Å²) in [5.41, 5.74) is 2.54. The van der Waals surface area contributed by atoms with Gasteiger partial charge in [-0.1, -0.05) is 42.5 Å². The molecule has 0 aliphatic heterocycles. The van der Waals surface area contributed by atoms with E-state index in [1.807, 2.05) is 13.8 Å². The molecule has 0 aliphatic rings. The molecule has 0 heterocycles. The van der Waals surface area contributed by atoms with Crippen LogP contribution in [0.4, 0.5) is 0 Å². The van der Waals surface area contributed by atoms with Crippen LogP contribution in [-0.4, -0.2) is 0 Å². The third-order valence-electron chi connectivity index (χ3n) is 2.06. The minimum atomic E-state index is 0.986. The number of hydrogen-bond acceptors (Lipinski definition) is 0. The van der Waals surface area contributed by atoms with Gasteiger partial charge in [0, 0.05) is 0 Å². The molecule has 0 aromatic heterocycles. The summed E-state index contributed by atoms with van der Waals surface area (Å²) in [7, 11) is 0. The second-order valence-corrected chi connectivity index (χ2v) is 3.25. The van der Waals surface area contributed by atoms with Crippen LogP contribution < -0.4 is 0 Å². The zero-order chi connectivity index (χ0) is 10.2. The molecule has 1 rings (SSSR count). The standard InChI is InChI=1S/C14H17/c1-3-5-8-13-10-7-11-14(12-13)9-6-4-2/h3-7,10-11H,8-9H2,1-2H3. The van der Waals surface area contributed by atoms with E-state index < -0.39 is 0 Å². The van der Waals surface area contributed by atoms with Crippen LogP contribution in [0, 0.1) is 6.07 Å². The molecule has 0 saturated carbocycles. The van der Waals surface area contributed by atoms with Gasteiger partial charge in [0.15, 0.2) is 0 Å². The summed E-state index contributed by atoms with van der Waals surface area (Å²) in [6.07, 6.45) is 10.4. The van der Waals surface area contributed by atoms with E-state index in [9.17, 15) is 0 Å². The molecule has 0 bridgehead atoms. The number of benzene rings is 1. The van der Waals surface area contributed by atoms with Crippen LogP contribution in [0.2, 0.25) is 0 Å². The first kappa shape index (κ1) is 10.8. The molecule has 73 valence electrons. The van der Waals surface area contributed by atoms with Crippen molar-refractivity contribution in [3.63, 3.8) is 0 Å². The molecular weight excluding hydrogens is 168 g/mol. The molecule has 0 aliphatic carbocycles. The lowest BCUT2D eigenvalue weighted by Gasteiger charge is -1.99. The normalized spacial score (nSPS) is 11.6. The van der Waals surface area contributed by atoms with Crippen molar-refractivity contribution in [2.24, 2.45) is 0 Å². The average molecular weight is 185 g/mol. The van der Waals surface area contributed by atoms with Crippen molar-refractivity contribution in [1.29, 1.82) is 0 Å². The lowest BCUT2D eigenvalue weighted by atomic mass is 10.1. The average Bonchev–Trinajstić information content (AvgIpc) is 2.24. The Kier molecular flexibility index (Phi) is 4.77. The summed E-state index contributed by atoms with van der Waals surface area (Å²) in [4.78, 5) is 0. The van der Waals surface area contributed by atoms with Gasteiger partial charge in [0.1, 0.15) is 0 Å². The van der Waals surface area contributed by atoms with Crippen molar-refractivity contribution in [3.8, 4) is 0 Å². The summed E-state index contributed by atoms with van der Waals surface area (Å²) >= 11 is 0. The molecular formula is C14H17. The first-order chi connectivity index (χ1) is 6.86. The van der Waals surface area contributed by atoms with Crippen molar-refractivity contribution in [2.75, 3.05) is 0 Å². The molecule has 1 aromatic rings. The molecule has 0 fully saturated rings. The molecule has 0 N–H and O–H groups in total. The highest BCUT2D eigenvalue weighted by molar-refractivity contribution is 5.25. The lowest BCUT2D eigenvalue weighted by molar-refractivity contribution is 1.19. The van der Waals surface area contributed by atoms with Gasteiger partial charge in [-0.2, -0.15) is 0 Å². The fourth-order valence-corrected chi connectivity index (χ4v) is 1.30. The minimum Gasteiger partial charge on any atom is -0.0913 e. The van der Waals surface area contributed by atoms with E-state index in [1.165, 1.54) is 11.1 Å². The lowest BCUT2D eigenvalue weighted by Crippen LogP contribution is -1.86. The third kappa shape index (κ3) is 3.61. The van der Waals surface area contributed by atoms with Crippen LogP contribution in [0.25, 0.3) is 0 Å². The van der Waals surface area contributed by atoms with E-state index in [-0.39, 0.29) is 0 Å². The topological polar surface area (TPSA) is 0 Å². The maximum absolute atomic E-state index is 3.41. The molecule has 0 atom stereocenters. The largest absolute Gasteiger partial charge is 0.0913 e. The maximum atomic E-state index is 3.41. The van der Waals surface area contributed by atoms with E-state index in [0.29, 0.717) is 0 Å². The molecule has 0 spiro atoms. The van der Waals surface area contributed by atoms with Gasteiger partial charge in [-0.3, -0.25) is 0 Å². The van der Waals surface area contributed by atoms with Gasteiger partial charge in [-0.05, 0) is 43.9 Å². The highest BCUT2D eigenvalue weighted by Crippen LogP contribution is 2.06.